The van der Waals surface area contributed by atoms with E-state index in [4.69, 9.17) is 0 Å². The van der Waals surface area contributed by atoms with Crippen LogP contribution in [0, 0.1) is 0 Å². The monoisotopic (exact) mass is 328 g/mol. The number of barbiturate groups is 1. The Morgan fingerprint density at radius 3 is 1.71 bits per heavy atom. The van der Waals surface area contributed by atoms with Crippen LogP contribution in [0.5, 0.6) is 0 Å². The topological polar surface area (TPSA) is 57.7 Å². The van der Waals surface area contributed by atoms with Gasteiger partial charge in [0.15, 0.2) is 0 Å². The van der Waals surface area contributed by atoms with Crippen molar-refractivity contribution < 1.29 is 49.5 Å². The van der Waals surface area contributed by atoms with Crippen LogP contribution in [0.4, 0.5) is 39.9 Å². The smallest absolute Gasteiger partial charge is 0.274 e. The lowest BCUT2D eigenvalue weighted by atomic mass is 10.2. The zero-order valence-electron chi connectivity index (χ0n) is 9.56. The summed E-state index contributed by atoms with van der Waals surface area (Å²) in [4.78, 5) is 30.7. The molecule has 1 aliphatic heterocycles. The quantitative estimate of drug-likeness (QED) is 0.442. The highest BCUT2D eigenvalue weighted by atomic mass is 19.4. The van der Waals surface area contributed by atoms with Gasteiger partial charge in [0.1, 0.15) is 13.0 Å². The highest BCUT2D eigenvalue weighted by Gasteiger charge is 2.61. The lowest BCUT2D eigenvalue weighted by Crippen LogP contribution is -2.62. The second-order valence-electron chi connectivity index (χ2n) is 3.84. The van der Waals surface area contributed by atoms with Gasteiger partial charge in [-0.05, 0) is 0 Å². The Hall–Kier alpha value is -1.95. The first-order valence-corrected chi connectivity index (χ1v) is 4.87. The average molecular weight is 328 g/mol. The Balaban J connectivity index is 3.10. The predicted molar refractivity (Wildman–Crippen MR) is 45.6 cm³/mol. The normalized spacial score (nSPS) is 18.6. The van der Waals surface area contributed by atoms with Crippen LogP contribution in [-0.4, -0.2) is 52.6 Å². The van der Waals surface area contributed by atoms with Gasteiger partial charge in [-0.2, -0.15) is 26.9 Å². The van der Waals surface area contributed by atoms with E-state index in [0.29, 0.717) is 0 Å². The molecule has 0 aromatic heterocycles. The number of rotatable bonds is 2. The molecule has 0 N–H and O–H groups in total. The minimum atomic E-state index is -6.18. The first kappa shape index (κ1) is 17.1. The number of halogens is 8. The van der Waals surface area contributed by atoms with E-state index in [-0.39, 0.29) is 0 Å². The summed E-state index contributed by atoms with van der Waals surface area (Å²) in [6, 6.07) is -2.60. The zero-order chi connectivity index (χ0) is 16.8. The van der Waals surface area contributed by atoms with E-state index < -0.39 is 59.0 Å². The standard InChI is InChI=1S/C8H4F8N2O3/c9-6(10,7(11,12)13)2-17-3(19)1-4(20)18(5(17)21)8(14,15)16/h1-2H2. The summed E-state index contributed by atoms with van der Waals surface area (Å²) in [7, 11) is 0. The Morgan fingerprint density at radius 1 is 0.857 bits per heavy atom. The number of imide groups is 2. The van der Waals surface area contributed by atoms with Crippen molar-refractivity contribution in [3.63, 3.8) is 0 Å². The Morgan fingerprint density at radius 2 is 1.33 bits per heavy atom. The third kappa shape index (κ3) is 3.21. The summed E-state index contributed by atoms with van der Waals surface area (Å²) < 4.78 is 98.3. The molecule has 13 heteroatoms. The molecule has 0 atom stereocenters. The molecule has 0 saturated carbocycles. The molecule has 1 heterocycles. The molecule has 120 valence electrons. The summed E-state index contributed by atoms with van der Waals surface area (Å²) in [5.74, 6) is -9.56. The van der Waals surface area contributed by atoms with Gasteiger partial charge < -0.3 is 0 Å². The summed E-state index contributed by atoms with van der Waals surface area (Å²) in [6.07, 6.45) is -13.5. The SMILES string of the molecule is O=C1CC(=O)N(C(F)(F)F)C(=O)N1CC(F)(F)C(F)(F)F. The van der Waals surface area contributed by atoms with E-state index in [1.54, 1.807) is 0 Å². The molecule has 1 aliphatic rings. The van der Waals surface area contributed by atoms with Crippen molar-refractivity contribution in [1.82, 2.24) is 9.80 Å². The van der Waals surface area contributed by atoms with Crippen LogP contribution in [-0.2, 0) is 9.59 Å². The maximum Gasteiger partial charge on any atom is 0.495 e. The molecule has 5 nitrogen and oxygen atoms in total. The molecule has 1 rings (SSSR count). The maximum atomic E-state index is 12.7. The minimum Gasteiger partial charge on any atom is -0.274 e. The number of alkyl halides is 8. The molecule has 0 spiro atoms. The largest absolute Gasteiger partial charge is 0.495 e. The molecule has 0 aromatic carbocycles. The van der Waals surface area contributed by atoms with Gasteiger partial charge >= 0.3 is 24.4 Å². The third-order valence-electron chi connectivity index (χ3n) is 2.30. The van der Waals surface area contributed by atoms with Crippen LogP contribution in [0.25, 0.3) is 0 Å². The molecule has 21 heavy (non-hydrogen) atoms. The Kier molecular flexibility index (Phi) is 3.91. The van der Waals surface area contributed by atoms with Gasteiger partial charge in [0, 0.05) is 0 Å². The van der Waals surface area contributed by atoms with Crippen LogP contribution in [0.1, 0.15) is 6.42 Å². The number of nitrogens with zero attached hydrogens (tertiary/aromatic N) is 2. The Bertz CT molecular complexity index is 483. The van der Waals surface area contributed by atoms with E-state index in [1.807, 2.05) is 0 Å². The minimum absolute atomic E-state index is 0.956. The van der Waals surface area contributed by atoms with Crippen molar-refractivity contribution in [2.45, 2.75) is 24.8 Å². The van der Waals surface area contributed by atoms with Gasteiger partial charge in [-0.1, -0.05) is 0 Å². The fourth-order valence-corrected chi connectivity index (χ4v) is 1.33. The number of urea groups is 1. The molecule has 0 aliphatic carbocycles. The zero-order valence-corrected chi connectivity index (χ0v) is 9.56. The van der Waals surface area contributed by atoms with Crippen LogP contribution in [0.2, 0.25) is 0 Å². The number of amides is 4. The lowest BCUT2D eigenvalue weighted by molar-refractivity contribution is -0.285. The highest BCUT2D eigenvalue weighted by molar-refractivity contribution is 6.14. The second-order valence-corrected chi connectivity index (χ2v) is 3.84. The number of hydrogen-bond donors (Lipinski definition) is 0. The van der Waals surface area contributed by atoms with Crippen LogP contribution < -0.4 is 0 Å². The Labute approximate surface area is 110 Å². The summed E-state index contributed by atoms with van der Waals surface area (Å²) in [5, 5.41) is 0. The van der Waals surface area contributed by atoms with Gasteiger partial charge in [-0.3, -0.25) is 14.5 Å². The lowest BCUT2D eigenvalue weighted by Gasteiger charge is -2.35. The van der Waals surface area contributed by atoms with Gasteiger partial charge in [0.2, 0.25) is 11.8 Å². The van der Waals surface area contributed by atoms with E-state index in [1.165, 1.54) is 0 Å². The van der Waals surface area contributed by atoms with Gasteiger partial charge in [0.05, 0.1) is 0 Å². The maximum absolute atomic E-state index is 12.7. The summed E-state index contributed by atoms with van der Waals surface area (Å²) in [5.41, 5.74) is 0. The molecular weight excluding hydrogens is 324 g/mol. The number of hydrogen-bond acceptors (Lipinski definition) is 3. The molecular formula is C8H4F8N2O3. The first-order chi connectivity index (χ1) is 9.18. The number of carbonyl (C=O) groups excluding carboxylic acids is 3. The van der Waals surface area contributed by atoms with Crippen molar-refractivity contribution in [2.75, 3.05) is 6.54 Å². The van der Waals surface area contributed by atoms with Gasteiger partial charge in [0.25, 0.3) is 0 Å². The average Bonchev–Trinajstić information content (AvgIpc) is 2.19. The second kappa shape index (κ2) is 4.80. The van der Waals surface area contributed by atoms with Crippen LogP contribution >= 0.6 is 0 Å². The molecule has 0 unspecified atom stereocenters. The first-order valence-electron chi connectivity index (χ1n) is 4.87. The van der Waals surface area contributed by atoms with Gasteiger partial charge in [-0.25, -0.2) is 4.79 Å². The molecule has 0 bridgehead atoms. The molecule has 1 fully saturated rings. The van der Waals surface area contributed by atoms with Crippen molar-refractivity contribution in [1.29, 1.82) is 0 Å². The molecule has 4 amide bonds. The van der Waals surface area contributed by atoms with E-state index in [2.05, 4.69) is 0 Å². The van der Waals surface area contributed by atoms with Crippen molar-refractivity contribution >= 4 is 17.8 Å². The van der Waals surface area contributed by atoms with Crippen molar-refractivity contribution in [2.24, 2.45) is 0 Å². The predicted octanol–water partition coefficient (Wildman–Crippen LogP) is 1.88. The van der Waals surface area contributed by atoms with Crippen LogP contribution in [0.3, 0.4) is 0 Å². The fourth-order valence-electron chi connectivity index (χ4n) is 1.33. The van der Waals surface area contributed by atoms with Crippen LogP contribution in [0.15, 0.2) is 0 Å². The van der Waals surface area contributed by atoms with Gasteiger partial charge in [-0.15, -0.1) is 13.2 Å². The molecule has 1 saturated heterocycles. The summed E-state index contributed by atoms with van der Waals surface area (Å²) in [6.45, 7) is -2.64. The van der Waals surface area contributed by atoms with E-state index >= 15 is 0 Å². The van der Waals surface area contributed by atoms with E-state index in [9.17, 15) is 49.5 Å². The highest BCUT2D eigenvalue weighted by Crippen LogP contribution is 2.37. The fraction of sp³-hybridized carbons (Fsp3) is 0.625. The van der Waals surface area contributed by atoms with E-state index in [0.717, 1.165) is 0 Å². The van der Waals surface area contributed by atoms with Crippen molar-refractivity contribution in [3.05, 3.63) is 0 Å². The third-order valence-corrected chi connectivity index (χ3v) is 2.30. The van der Waals surface area contributed by atoms with Crippen molar-refractivity contribution in [3.8, 4) is 0 Å². The summed E-state index contributed by atoms with van der Waals surface area (Å²) >= 11 is 0. The number of carbonyl (C=O) groups is 3. The molecule has 0 aromatic rings. The molecule has 0 radical (unpaired) electrons.